The summed E-state index contributed by atoms with van der Waals surface area (Å²) in [6.45, 7) is 8.11. The van der Waals surface area contributed by atoms with Crippen LogP contribution in [0.15, 0.2) is 66.8 Å². The quantitative estimate of drug-likeness (QED) is 0.595. The molecule has 0 amide bonds. The Morgan fingerprint density at radius 1 is 0.970 bits per heavy atom. The van der Waals surface area contributed by atoms with Crippen LogP contribution in [0.1, 0.15) is 42.0 Å². The zero-order chi connectivity index (χ0) is 22.6. The number of aryl methyl sites for hydroxylation is 1. The van der Waals surface area contributed by atoms with Crippen molar-refractivity contribution in [3.8, 4) is 5.75 Å². The first kappa shape index (κ1) is 22.4. The molecule has 2 aromatic rings. The maximum atomic E-state index is 9.85. The van der Waals surface area contributed by atoms with E-state index in [1.807, 2.05) is 12.1 Å². The first-order valence-corrected chi connectivity index (χ1v) is 12.9. The molecular weight excluding hydrogens is 404 g/mol. The normalized spacial score (nSPS) is 24.6. The van der Waals surface area contributed by atoms with Crippen LogP contribution in [-0.4, -0.2) is 47.1 Å². The molecule has 2 unspecified atom stereocenters. The smallest absolute Gasteiger partial charge is 0.115 e. The second-order valence-corrected chi connectivity index (χ2v) is 10.1. The van der Waals surface area contributed by atoms with Crippen LogP contribution in [0.5, 0.6) is 5.75 Å². The van der Waals surface area contributed by atoms with Crippen molar-refractivity contribution in [3.63, 3.8) is 0 Å². The van der Waals surface area contributed by atoms with E-state index in [9.17, 15) is 5.11 Å². The number of phenols is 1. The zero-order valence-corrected chi connectivity index (χ0v) is 20.0. The number of fused-ring (bicyclic) bond motifs is 1. The number of aromatic hydroxyl groups is 1. The van der Waals surface area contributed by atoms with Gasteiger partial charge in [0.2, 0.25) is 0 Å². The number of hydrogen-bond acceptors (Lipinski definition) is 3. The molecule has 1 N–H and O–H groups in total. The number of phenolic OH excluding ortho intramolecular Hbond substituents is 1. The van der Waals surface area contributed by atoms with Crippen LogP contribution in [0, 0.1) is 11.8 Å². The van der Waals surface area contributed by atoms with Gasteiger partial charge in [0.05, 0.1) is 0 Å². The number of nitrogens with zero attached hydrogens (tertiary/aromatic N) is 2. The van der Waals surface area contributed by atoms with Crippen molar-refractivity contribution in [2.45, 2.75) is 51.6 Å². The predicted octanol–water partition coefficient (Wildman–Crippen LogP) is 5.38. The van der Waals surface area contributed by atoms with Crippen molar-refractivity contribution in [1.82, 2.24) is 9.80 Å². The molecule has 3 aliphatic rings. The average molecular weight is 443 g/mol. The summed E-state index contributed by atoms with van der Waals surface area (Å²) < 4.78 is 0. The molecule has 0 saturated carbocycles. The fourth-order valence-corrected chi connectivity index (χ4v) is 5.88. The van der Waals surface area contributed by atoms with Gasteiger partial charge in [0.25, 0.3) is 0 Å². The maximum absolute atomic E-state index is 9.85. The Kier molecular flexibility index (Phi) is 6.99. The van der Waals surface area contributed by atoms with Crippen LogP contribution < -0.4 is 0 Å². The summed E-state index contributed by atoms with van der Waals surface area (Å²) in [5, 5.41) is 9.85. The molecular formula is C30H38N2O. The van der Waals surface area contributed by atoms with E-state index in [1.165, 1.54) is 54.7 Å². The number of likely N-dealkylation sites (tertiary alicyclic amines) is 1. The minimum Gasteiger partial charge on any atom is -0.508 e. The number of benzene rings is 2. The van der Waals surface area contributed by atoms with E-state index in [1.54, 1.807) is 0 Å². The van der Waals surface area contributed by atoms with Gasteiger partial charge in [-0.25, -0.2) is 0 Å². The van der Waals surface area contributed by atoms with E-state index in [0.29, 0.717) is 23.6 Å². The second kappa shape index (κ2) is 10.3. The lowest BCUT2D eigenvalue weighted by atomic mass is 9.73. The molecule has 3 atom stereocenters. The fraction of sp³-hybridized carbons (Fsp3) is 0.467. The van der Waals surface area contributed by atoms with E-state index in [4.69, 9.17) is 0 Å². The molecule has 0 radical (unpaired) electrons. The number of likely N-dealkylation sites (N-methyl/N-ethyl adjacent to an activating group) is 1. The topological polar surface area (TPSA) is 26.7 Å². The van der Waals surface area contributed by atoms with Crippen LogP contribution in [0.3, 0.4) is 0 Å². The van der Waals surface area contributed by atoms with Crippen LogP contribution in [0.2, 0.25) is 0 Å². The molecule has 2 aromatic carbocycles. The van der Waals surface area contributed by atoms with E-state index in [-0.39, 0.29) is 0 Å². The first-order valence-electron chi connectivity index (χ1n) is 12.9. The highest BCUT2D eigenvalue weighted by Gasteiger charge is 2.33. The Balaban J connectivity index is 1.24. The Morgan fingerprint density at radius 3 is 2.52 bits per heavy atom. The Morgan fingerprint density at radius 2 is 1.76 bits per heavy atom. The Labute approximate surface area is 199 Å². The Hall–Kier alpha value is -2.36. The van der Waals surface area contributed by atoms with Crippen molar-refractivity contribution in [3.05, 3.63) is 89.0 Å². The number of rotatable bonds is 8. The molecule has 3 nitrogen and oxygen atoms in total. The predicted molar refractivity (Wildman–Crippen MR) is 136 cm³/mol. The molecule has 1 fully saturated rings. The lowest BCUT2D eigenvalue weighted by Crippen LogP contribution is -2.43. The van der Waals surface area contributed by atoms with Gasteiger partial charge in [-0.3, -0.25) is 4.90 Å². The fourth-order valence-electron chi connectivity index (χ4n) is 5.88. The van der Waals surface area contributed by atoms with Gasteiger partial charge in [-0.15, -0.1) is 0 Å². The van der Waals surface area contributed by atoms with Crippen LogP contribution in [0.25, 0.3) is 0 Å². The largest absolute Gasteiger partial charge is 0.508 e. The molecule has 2 aliphatic carbocycles. The van der Waals surface area contributed by atoms with Gasteiger partial charge >= 0.3 is 0 Å². The third kappa shape index (κ3) is 5.26. The van der Waals surface area contributed by atoms with Gasteiger partial charge in [0.15, 0.2) is 0 Å². The third-order valence-corrected chi connectivity index (χ3v) is 8.05. The summed E-state index contributed by atoms with van der Waals surface area (Å²) >= 11 is 0. The molecule has 5 rings (SSSR count). The van der Waals surface area contributed by atoms with Crippen molar-refractivity contribution in [2.24, 2.45) is 11.8 Å². The summed E-state index contributed by atoms with van der Waals surface area (Å²) in [5.41, 5.74) is 5.62. The lowest BCUT2D eigenvalue weighted by molar-refractivity contribution is 0.154. The maximum Gasteiger partial charge on any atom is 0.115 e. The monoisotopic (exact) mass is 442 g/mol. The van der Waals surface area contributed by atoms with Crippen LogP contribution in [-0.2, 0) is 25.8 Å². The van der Waals surface area contributed by atoms with Crippen molar-refractivity contribution in [2.75, 3.05) is 26.2 Å². The molecule has 0 bridgehead atoms. The summed E-state index contributed by atoms with van der Waals surface area (Å²) in [6.07, 6.45) is 15.2. The number of allylic oxidation sites excluding steroid dienone is 2. The van der Waals surface area contributed by atoms with Gasteiger partial charge < -0.3 is 10.0 Å². The molecule has 1 heterocycles. The molecule has 0 spiro atoms. The molecule has 1 saturated heterocycles. The van der Waals surface area contributed by atoms with Crippen molar-refractivity contribution < 1.29 is 5.11 Å². The lowest BCUT2D eigenvalue weighted by Gasteiger charge is -2.40. The second-order valence-electron chi connectivity index (χ2n) is 10.1. The summed E-state index contributed by atoms with van der Waals surface area (Å²) in [7, 11) is 0. The minimum atomic E-state index is 0.397. The van der Waals surface area contributed by atoms with Gasteiger partial charge in [0.1, 0.15) is 5.75 Å². The summed E-state index contributed by atoms with van der Waals surface area (Å²) in [6, 6.07) is 15.7. The third-order valence-electron chi connectivity index (χ3n) is 8.05. The van der Waals surface area contributed by atoms with E-state index in [0.717, 1.165) is 32.4 Å². The standard InChI is InChI=1S/C30H38N2O/c1-2-32(22-24-10-8-23(9-11-24)16-19-31-17-5-18-31)30-7-4-3-6-29(30)27-13-12-26-21-28(33)15-14-25(26)20-27/h3-4,6-11,14-15,21,27,29-30,33H,2,5,12-13,16-20,22H2,1H3/t27-,29?,30?/m1/s1. The van der Waals surface area contributed by atoms with Gasteiger partial charge in [0, 0.05) is 19.1 Å². The van der Waals surface area contributed by atoms with Gasteiger partial charge in [-0.1, -0.05) is 61.6 Å². The molecule has 0 aromatic heterocycles. The van der Waals surface area contributed by atoms with E-state index in [2.05, 4.69) is 71.4 Å². The van der Waals surface area contributed by atoms with Crippen molar-refractivity contribution >= 4 is 0 Å². The van der Waals surface area contributed by atoms with E-state index < -0.39 is 0 Å². The molecule has 3 heteroatoms. The minimum absolute atomic E-state index is 0.397. The summed E-state index contributed by atoms with van der Waals surface area (Å²) in [5.74, 6) is 1.58. The highest BCUT2D eigenvalue weighted by Crippen LogP contribution is 2.37. The van der Waals surface area contributed by atoms with Crippen LogP contribution in [0.4, 0.5) is 0 Å². The molecule has 33 heavy (non-hydrogen) atoms. The summed E-state index contributed by atoms with van der Waals surface area (Å²) in [4.78, 5) is 5.19. The van der Waals surface area contributed by atoms with Gasteiger partial charge in [-0.2, -0.15) is 0 Å². The van der Waals surface area contributed by atoms with Gasteiger partial charge in [-0.05, 0) is 98.0 Å². The zero-order valence-electron chi connectivity index (χ0n) is 20.0. The Bertz CT molecular complexity index is 989. The molecule has 174 valence electrons. The highest BCUT2D eigenvalue weighted by molar-refractivity contribution is 5.37. The average Bonchev–Trinajstić information content (AvgIpc) is 2.82. The van der Waals surface area contributed by atoms with Crippen molar-refractivity contribution in [1.29, 1.82) is 0 Å². The van der Waals surface area contributed by atoms with E-state index >= 15 is 0 Å². The van der Waals surface area contributed by atoms with Crippen LogP contribution >= 0.6 is 0 Å². The molecule has 1 aliphatic heterocycles. The SMILES string of the molecule is CCN(Cc1ccc(CCN2CCC2)cc1)C1C=CC=CC1[C@@H]1CCc2cc(O)ccc2C1. The highest BCUT2D eigenvalue weighted by atomic mass is 16.3. The number of hydrogen-bond donors (Lipinski definition) is 1. The first-order chi connectivity index (χ1) is 16.2.